The van der Waals surface area contributed by atoms with E-state index < -0.39 is 0 Å². The van der Waals surface area contributed by atoms with E-state index in [0.29, 0.717) is 11.6 Å². The van der Waals surface area contributed by atoms with Crippen molar-refractivity contribution in [2.24, 2.45) is 5.92 Å². The molecule has 3 nitrogen and oxygen atoms in total. The van der Waals surface area contributed by atoms with Crippen molar-refractivity contribution in [2.45, 2.75) is 63.5 Å². The summed E-state index contributed by atoms with van der Waals surface area (Å²) in [6.45, 7) is 5.45. The molecule has 1 aliphatic carbocycles. The molecule has 1 heterocycles. The van der Waals surface area contributed by atoms with Crippen molar-refractivity contribution in [3.63, 3.8) is 0 Å². The molecule has 0 radical (unpaired) electrons. The Labute approximate surface area is 119 Å². The molecule has 0 aromatic carbocycles. The van der Waals surface area contributed by atoms with Crippen LogP contribution in [0.25, 0.3) is 0 Å². The van der Waals surface area contributed by atoms with Crippen LogP contribution in [-0.4, -0.2) is 50.3 Å². The molecule has 1 saturated carbocycles. The number of nitrogens with zero attached hydrogens (tertiary/aromatic N) is 1. The van der Waals surface area contributed by atoms with Crippen molar-refractivity contribution >= 4 is 0 Å². The van der Waals surface area contributed by atoms with E-state index in [1.165, 1.54) is 44.9 Å². The average Bonchev–Trinajstić information content (AvgIpc) is 2.65. The van der Waals surface area contributed by atoms with Gasteiger partial charge in [-0.2, -0.15) is 0 Å². The zero-order valence-corrected chi connectivity index (χ0v) is 13.1. The fourth-order valence-corrected chi connectivity index (χ4v) is 3.80. The van der Waals surface area contributed by atoms with Gasteiger partial charge in [-0.1, -0.05) is 19.8 Å². The lowest BCUT2D eigenvalue weighted by Crippen LogP contribution is -2.55. The zero-order valence-electron chi connectivity index (χ0n) is 13.1. The van der Waals surface area contributed by atoms with E-state index in [2.05, 4.69) is 31.2 Å². The van der Waals surface area contributed by atoms with Crippen molar-refractivity contribution in [1.29, 1.82) is 0 Å². The van der Waals surface area contributed by atoms with E-state index in [1.807, 2.05) is 0 Å². The van der Waals surface area contributed by atoms with Crippen molar-refractivity contribution in [1.82, 2.24) is 10.2 Å². The monoisotopic (exact) mass is 268 g/mol. The van der Waals surface area contributed by atoms with Gasteiger partial charge in [0.15, 0.2) is 0 Å². The molecule has 2 rings (SSSR count). The first-order chi connectivity index (χ1) is 9.12. The molecule has 0 aromatic heterocycles. The Bertz CT molecular complexity index is 261. The highest BCUT2D eigenvalue weighted by Gasteiger charge is 2.37. The van der Waals surface area contributed by atoms with Crippen molar-refractivity contribution < 1.29 is 4.74 Å². The Morgan fingerprint density at radius 2 is 2.00 bits per heavy atom. The smallest absolute Gasteiger partial charge is 0.0480 e. The summed E-state index contributed by atoms with van der Waals surface area (Å²) in [5.41, 5.74) is 0.380. The van der Waals surface area contributed by atoms with E-state index in [-0.39, 0.29) is 0 Å². The second-order valence-electron chi connectivity index (χ2n) is 6.94. The van der Waals surface area contributed by atoms with Crippen molar-refractivity contribution in [2.75, 3.05) is 33.9 Å². The molecular weight excluding hydrogens is 236 g/mol. The minimum Gasteiger partial charge on any atom is -0.381 e. The average molecular weight is 268 g/mol. The molecule has 2 fully saturated rings. The standard InChI is InChI=1S/C16H32N2O/c1-14-6-4-9-16(12-14,18(2)3)13-17-15-7-5-10-19-11-8-15/h14-15,17H,4-13H2,1-3H3. The Hall–Kier alpha value is -0.120. The van der Waals surface area contributed by atoms with Crippen LogP contribution in [0.2, 0.25) is 0 Å². The summed E-state index contributed by atoms with van der Waals surface area (Å²) in [7, 11) is 4.52. The third kappa shape index (κ3) is 4.17. The van der Waals surface area contributed by atoms with Gasteiger partial charge in [-0.25, -0.2) is 0 Å². The molecule has 3 atom stereocenters. The highest BCUT2D eigenvalue weighted by atomic mass is 16.5. The predicted octanol–water partition coefficient (Wildman–Crippen LogP) is 2.66. The number of hydrogen-bond donors (Lipinski definition) is 1. The van der Waals surface area contributed by atoms with Crippen LogP contribution >= 0.6 is 0 Å². The second-order valence-corrected chi connectivity index (χ2v) is 6.94. The Morgan fingerprint density at radius 3 is 2.74 bits per heavy atom. The molecule has 112 valence electrons. The number of likely N-dealkylation sites (N-methyl/N-ethyl adjacent to an activating group) is 1. The highest BCUT2D eigenvalue weighted by molar-refractivity contribution is 4.95. The topological polar surface area (TPSA) is 24.5 Å². The van der Waals surface area contributed by atoms with Gasteiger partial charge in [-0.05, 0) is 52.1 Å². The Morgan fingerprint density at radius 1 is 1.16 bits per heavy atom. The van der Waals surface area contributed by atoms with Crippen molar-refractivity contribution in [3.8, 4) is 0 Å². The van der Waals surface area contributed by atoms with Crippen LogP contribution in [-0.2, 0) is 4.74 Å². The fourth-order valence-electron chi connectivity index (χ4n) is 3.80. The van der Waals surface area contributed by atoms with Crippen LogP contribution in [0.4, 0.5) is 0 Å². The Kier molecular flexibility index (Phi) is 5.67. The second kappa shape index (κ2) is 7.05. The minimum atomic E-state index is 0.380. The lowest BCUT2D eigenvalue weighted by molar-refractivity contribution is 0.0711. The molecule has 19 heavy (non-hydrogen) atoms. The summed E-state index contributed by atoms with van der Waals surface area (Å²) < 4.78 is 5.56. The third-order valence-electron chi connectivity index (χ3n) is 5.19. The SMILES string of the molecule is CC1CCCC(CNC2CCCOCC2)(N(C)C)C1. The van der Waals surface area contributed by atoms with Crippen molar-refractivity contribution in [3.05, 3.63) is 0 Å². The zero-order chi connectivity index (χ0) is 13.7. The van der Waals surface area contributed by atoms with Crippen LogP contribution < -0.4 is 5.32 Å². The summed E-state index contributed by atoms with van der Waals surface area (Å²) in [6, 6.07) is 0.663. The van der Waals surface area contributed by atoms with Gasteiger partial charge in [0.05, 0.1) is 0 Å². The first-order valence-electron chi connectivity index (χ1n) is 8.11. The first kappa shape index (κ1) is 15.3. The molecule has 0 aromatic rings. The molecule has 1 N–H and O–H groups in total. The largest absolute Gasteiger partial charge is 0.381 e. The minimum absolute atomic E-state index is 0.380. The Balaban J connectivity index is 1.89. The summed E-state index contributed by atoms with van der Waals surface area (Å²) in [5.74, 6) is 0.871. The molecule has 0 spiro atoms. The fraction of sp³-hybridized carbons (Fsp3) is 1.00. The van der Waals surface area contributed by atoms with E-state index >= 15 is 0 Å². The maximum absolute atomic E-state index is 5.56. The van der Waals surface area contributed by atoms with Gasteiger partial charge in [-0.3, -0.25) is 0 Å². The van der Waals surface area contributed by atoms with Crippen LogP contribution in [0.15, 0.2) is 0 Å². The summed E-state index contributed by atoms with van der Waals surface area (Å²) in [6.07, 6.45) is 9.15. The molecule has 3 heteroatoms. The number of hydrogen-bond acceptors (Lipinski definition) is 3. The van der Waals surface area contributed by atoms with E-state index in [4.69, 9.17) is 4.74 Å². The summed E-state index contributed by atoms with van der Waals surface area (Å²) >= 11 is 0. The van der Waals surface area contributed by atoms with Gasteiger partial charge >= 0.3 is 0 Å². The van der Waals surface area contributed by atoms with Crippen LogP contribution in [0.1, 0.15) is 51.9 Å². The normalized spacial score (nSPS) is 37.3. The molecular formula is C16H32N2O. The predicted molar refractivity (Wildman–Crippen MR) is 80.5 cm³/mol. The molecule has 0 bridgehead atoms. The molecule has 3 unspecified atom stereocenters. The van der Waals surface area contributed by atoms with Crippen LogP contribution in [0, 0.1) is 5.92 Å². The summed E-state index contributed by atoms with van der Waals surface area (Å²) in [4.78, 5) is 2.48. The van der Waals surface area contributed by atoms with E-state index in [9.17, 15) is 0 Å². The van der Waals surface area contributed by atoms with Gasteiger partial charge in [0.1, 0.15) is 0 Å². The van der Waals surface area contributed by atoms with E-state index in [1.54, 1.807) is 0 Å². The highest BCUT2D eigenvalue weighted by Crippen LogP contribution is 2.35. The first-order valence-corrected chi connectivity index (χ1v) is 8.11. The maximum atomic E-state index is 5.56. The maximum Gasteiger partial charge on any atom is 0.0480 e. The number of ether oxygens (including phenoxy) is 1. The quantitative estimate of drug-likeness (QED) is 0.848. The van der Waals surface area contributed by atoms with Gasteiger partial charge in [0.25, 0.3) is 0 Å². The van der Waals surface area contributed by atoms with Gasteiger partial charge in [0.2, 0.25) is 0 Å². The van der Waals surface area contributed by atoms with Gasteiger partial charge < -0.3 is 15.0 Å². The number of rotatable bonds is 4. The van der Waals surface area contributed by atoms with Gasteiger partial charge in [0, 0.05) is 31.3 Å². The third-order valence-corrected chi connectivity index (χ3v) is 5.19. The number of nitrogens with one attached hydrogen (secondary N) is 1. The van der Waals surface area contributed by atoms with E-state index in [0.717, 1.165) is 25.7 Å². The molecule has 0 amide bonds. The lowest BCUT2D eigenvalue weighted by atomic mass is 9.75. The van der Waals surface area contributed by atoms with Gasteiger partial charge in [-0.15, -0.1) is 0 Å². The van der Waals surface area contributed by atoms with Crippen LogP contribution in [0.5, 0.6) is 0 Å². The molecule has 2 aliphatic rings. The van der Waals surface area contributed by atoms with Crippen LogP contribution in [0.3, 0.4) is 0 Å². The molecule has 1 aliphatic heterocycles. The molecule has 1 saturated heterocycles. The summed E-state index contributed by atoms with van der Waals surface area (Å²) in [5, 5.41) is 3.85. The lowest BCUT2D eigenvalue weighted by Gasteiger charge is -2.46.